The first-order valence-electron chi connectivity index (χ1n) is 7.81. The molecule has 0 fully saturated rings. The summed E-state index contributed by atoms with van der Waals surface area (Å²) < 4.78 is 36.8. The number of alkyl halides is 3. The van der Waals surface area contributed by atoms with Crippen LogP contribution in [0.15, 0.2) is 23.6 Å². The zero-order valence-corrected chi connectivity index (χ0v) is 16.0. The smallest absolute Gasteiger partial charge is 0.490 e. The minimum Gasteiger partial charge on any atom is -0.496 e. The van der Waals surface area contributed by atoms with Crippen LogP contribution in [0.25, 0.3) is 0 Å². The van der Waals surface area contributed by atoms with E-state index in [2.05, 4.69) is 10.3 Å². The van der Waals surface area contributed by atoms with Gasteiger partial charge in [-0.15, -0.1) is 11.3 Å². The fraction of sp³-hybridized carbons (Fsp3) is 0.353. The van der Waals surface area contributed by atoms with Crippen molar-refractivity contribution >= 4 is 23.3 Å². The molecule has 3 N–H and O–H groups in total. The molecule has 2 aromatic rings. The lowest BCUT2D eigenvalue weighted by atomic mass is 10.0. The molecule has 1 aromatic heterocycles. The Bertz CT molecular complexity index is 823. The van der Waals surface area contributed by atoms with E-state index < -0.39 is 18.1 Å². The summed E-state index contributed by atoms with van der Waals surface area (Å²) in [7, 11) is 1.47. The lowest BCUT2D eigenvalue weighted by Gasteiger charge is -2.15. The molecule has 2 rings (SSSR count). The SMILES string of the molecule is COc1ccc([C@H](C)NCc2csc(C)n2)cc1C(=O)O.O=C(O)C(F)(F)F. The number of nitrogens with one attached hydrogen (secondary N) is 1. The highest BCUT2D eigenvalue weighted by Gasteiger charge is 2.38. The monoisotopic (exact) mass is 420 g/mol. The van der Waals surface area contributed by atoms with E-state index in [1.54, 1.807) is 23.5 Å². The molecule has 0 spiro atoms. The fourth-order valence-corrected chi connectivity index (χ4v) is 2.64. The largest absolute Gasteiger partial charge is 0.496 e. The predicted molar refractivity (Wildman–Crippen MR) is 95.7 cm³/mol. The second-order valence-electron chi connectivity index (χ2n) is 5.53. The van der Waals surface area contributed by atoms with E-state index >= 15 is 0 Å². The number of halogens is 3. The van der Waals surface area contributed by atoms with Crippen LogP contribution in [0.5, 0.6) is 5.75 Å². The van der Waals surface area contributed by atoms with Crippen LogP contribution >= 0.6 is 11.3 Å². The number of hydrogen-bond donors (Lipinski definition) is 3. The van der Waals surface area contributed by atoms with Crippen molar-refractivity contribution in [2.75, 3.05) is 7.11 Å². The van der Waals surface area contributed by atoms with Crippen molar-refractivity contribution in [3.8, 4) is 5.75 Å². The molecular formula is C17H19F3N2O5S. The summed E-state index contributed by atoms with van der Waals surface area (Å²) >= 11 is 1.62. The van der Waals surface area contributed by atoms with Crippen LogP contribution in [0.1, 0.15) is 39.6 Å². The van der Waals surface area contributed by atoms with Gasteiger partial charge in [-0.2, -0.15) is 13.2 Å². The van der Waals surface area contributed by atoms with Gasteiger partial charge in [0.15, 0.2) is 0 Å². The van der Waals surface area contributed by atoms with Crippen LogP contribution in [-0.2, 0) is 11.3 Å². The fourth-order valence-electron chi connectivity index (χ4n) is 2.03. The van der Waals surface area contributed by atoms with Gasteiger partial charge in [-0.05, 0) is 31.5 Å². The number of thiazole rings is 1. The van der Waals surface area contributed by atoms with Gasteiger partial charge in [-0.1, -0.05) is 6.07 Å². The second kappa shape index (κ2) is 10.0. The van der Waals surface area contributed by atoms with Crippen LogP contribution in [0.4, 0.5) is 13.2 Å². The zero-order valence-electron chi connectivity index (χ0n) is 15.2. The maximum atomic E-state index is 11.2. The number of rotatable bonds is 6. The highest BCUT2D eigenvalue weighted by atomic mass is 32.1. The molecule has 0 saturated carbocycles. The van der Waals surface area contributed by atoms with Gasteiger partial charge >= 0.3 is 18.1 Å². The van der Waals surface area contributed by atoms with Crippen LogP contribution in [0.2, 0.25) is 0 Å². The third-order valence-corrected chi connectivity index (χ3v) is 4.27. The molecular weight excluding hydrogens is 401 g/mol. The second-order valence-corrected chi connectivity index (χ2v) is 6.59. The number of carbonyl (C=O) groups is 2. The minimum absolute atomic E-state index is 0.0241. The van der Waals surface area contributed by atoms with Crippen molar-refractivity contribution in [3.05, 3.63) is 45.4 Å². The minimum atomic E-state index is -5.08. The van der Waals surface area contributed by atoms with Crippen molar-refractivity contribution in [3.63, 3.8) is 0 Å². The molecule has 11 heteroatoms. The van der Waals surface area contributed by atoms with Gasteiger partial charge in [0.2, 0.25) is 0 Å². The maximum absolute atomic E-state index is 11.2. The van der Waals surface area contributed by atoms with Gasteiger partial charge in [-0.3, -0.25) is 0 Å². The Balaban J connectivity index is 0.000000480. The van der Waals surface area contributed by atoms with Gasteiger partial charge in [0, 0.05) is 18.0 Å². The zero-order chi connectivity index (χ0) is 21.5. The van der Waals surface area contributed by atoms with Crippen LogP contribution < -0.4 is 10.1 Å². The molecule has 0 unspecified atom stereocenters. The number of aromatic carboxylic acids is 1. The average Bonchev–Trinajstić information content (AvgIpc) is 3.04. The van der Waals surface area contributed by atoms with Crippen molar-refractivity contribution in [1.82, 2.24) is 10.3 Å². The van der Waals surface area contributed by atoms with E-state index in [1.807, 2.05) is 25.3 Å². The van der Waals surface area contributed by atoms with Gasteiger partial charge in [0.1, 0.15) is 11.3 Å². The summed E-state index contributed by atoms with van der Waals surface area (Å²) in [6.45, 7) is 4.62. The van der Waals surface area contributed by atoms with Crippen molar-refractivity contribution in [1.29, 1.82) is 0 Å². The Hall–Kier alpha value is -2.66. The number of benzene rings is 1. The first-order chi connectivity index (χ1) is 13.0. The molecule has 1 heterocycles. The highest BCUT2D eigenvalue weighted by molar-refractivity contribution is 7.09. The van der Waals surface area contributed by atoms with Crippen molar-refractivity contribution < 1.29 is 37.7 Å². The number of hydrogen-bond acceptors (Lipinski definition) is 6. The number of carboxylic acids is 2. The van der Waals surface area contributed by atoms with Crippen LogP contribution in [0, 0.1) is 6.92 Å². The Kier molecular flexibility index (Phi) is 8.38. The van der Waals surface area contributed by atoms with Gasteiger partial charge in [-0.25, -0.2) is 14.6 Å². The van der Waals surface area contributed by atoms with Gasteiger partial charge < -0.3 is 20.3 Å². The average molecular weight is 420 g/mol. The maximum Gasteiger partial charge on any atom is 0.490 e. The molecule has 0 aliphatic rings. The van der Waals surface area contributed by atoms with E-state index in [4.69, 9.17) is 14.6 Å². The van der Waals surface area contributed by atoms with E-state index in [0.29, 0.717) is 12.3 Å². The number of aryl methyl sites for hydroxylation is 1. The number of aliphatic carboxylic acids is 1. The quantitative estimate of drug-likeness (QED) is 0.655. The van der Waals surface area contributed by atoms with Crippen molar-refractivity contribution in [2.24, 2.45) is 0 Å². The van der Waals surface area contributed by atoms with Crippen LogP contribution in [0.3, 0.4) is 0 Å². The first-order valence-corrected chi connectivity index (χ1v) is 8.69. The number of ether oxygens (including phenoxy) is 1. The lowest BCUT2D eigenvalue weighted by molar-refractivity contribution is -0.192. The third-order valence-electron chi connectivity index (χ3n) is 3.45. The van der Waals surface area contributed by atoms with Gasteiger partial charge in [0.25, 0.3) is 0 Å². The molecule has 0 saturated heterocycles. The van der Waals surface area contributed by atoms with Gasteiger partial charge in [0.05, 0.1) is 17.8 Å². The molecule has 0 radical (unpaired) electrons. The van der Waals surface area contributed by atoms with E-state index in [0.717, 1.165) is 16.3 Å². The van der Waals surface area contributed by atoms with E-state index in [1.165, 1.54) is 7.11 Å². The number of nitrogens with zero attached hydrogens (tertiary/aromatic N) is 1. The first kappa shape index (κ1) is 23.4. The van der Waals surface area contributed by atoms with E-state index in [9.17, 15) is 23.1 Å². The Morgan fingerprint density at radius 2 is 1.93 bits per heavy atom. The Labute approximate surface area is 162 Å². The normalized spacial score (nSPS) is 11.9. The molecule has 1 aromatic carbocycles. The number of carboxylic acid groups (broad SMARTS) is 2. The Morgan fingerprint density at radius 3 is 2.36 bits per heavy atom. The Morgan fingerprint density at radius 1 is 1.32 bits per heavy atom. The predicted octanol–water partition coefficient (Wildman–Crippen LogP) is 3.64. The highest BCUT2D eigenvalue weighted by Crippen LogP contribution is 2.23. The third kappa shape index (κ3) is 7.16. The lowest BCUT2D eigenvalue weighted by Crippen LogP contribution is -2.21. The summed E-state index contributed by atoms with van der Waals surface area (Å²) in [5.41, 5.74) is 2.07. The summed E-state index contributed by atoms with van der Waals surface area (Å²) in [4.78, 5) is 24.5. The molecule has 154 valence electrons. The molecule has 28 heavy (non-hydrogen) atoms. The van der Waals surface area contributed by atoms with E-state index in [-0.39, 0.29) is 11.6 Å². The van der Waals surface area contributed by atoms with Crippen LogP contribution in [-0.4, -0.2) is 40.4 Å². The molecule has 1 atom stereocenters. The topological polar surface area (TPSA) is 109 Å². The molecule has 0 aliphatic carbocycles. The molecule has 7 nitrogen and oxygen atoms in total. The summed E-state index contributed by atoms with van der Waals surface area (Å²) in [6.07, 6.45) is -5.08. The summed E-state index contributed by atoms with van der Waals surface area (Å²) in [6, 6.07) is 5.22. The summed E-state index contributed by atoms with van der Waals surface area (Å²) in [5.74, 6) is -3.38. The molecule has 0 bridgehead atoms. The molecule has 0 aliphatic heterocycles. The molecule has 0 amide bonds. The van der Waals surface area contributed by atoms with Crippen molar-refractivity contribution in [2.45, 2.75) is 32.6 Å². The standard InChI is InChI=1S/C15H18N2O3S.C2HF3O2/c1-9(16-7-12-8-21-10(2)17-12)11-4-5-14(20-3)13(6-11)15(18)19;3-2(4,5)1(6)7/h4-6,8-9,16H,7H2,1-3H3,(H,18,19);(H,6,7)/t9-;/m0./s1. The number of methoxy groups -OCH3 is 1. The summed E-state index contributed by atoms with van der Waals surface area (Å²) in [5, 5.41) is 22.7. The number of aromatic nitrogens is 1.